The number of imidazole rings is 1. The fourth-order valence-electron chi connectivity index (χ4n) is 2.60. The van der Waals surface area contributed by atoms with Gasteiger partial charge in [-0.3, -0.25) is 0 Å². The molecular formula is C17H27N3. The van der Waals surface area contributed by atoms with E-state index in [9.17, 15) is 0 Å². The van der Waals surface area contributed by atoms with E-state index in [2.05, 4.69) is 49.0 Å². The molecule has 1 heterocycles. The van der Waals surface area contributed by atoms with Crippen molar-refractivity contribution in [2.75, 3.05) is 0 Å². The summed E-state index contributed by atoms with van der Waals surface area (Å²) in [6, 6.07) is 8.87. The molecule has 3 nitrogen and oxygen atoms in total. The maximum Gasteiger partial charge on any atom is 0.123 e. The molecule has 20 heavy (non-hydrogen) atoms. The summed E-state index contributed by atoms with van der Waals surface area (Å²) in [4.78, 5) is 4.69. The van der Waals surface area contributed by atoms with Crippen LogP contribution in [-0.2, 0) is 13.6 Å². The first-order valence-corrected chi connectivity index (χ1v) is 7.86. The number of nitrogens with one attached hydrogen (secondary N) is 1. The van der Waals surface area contributed by atoms with Crippen molar-refractivity contribution in [1.29, 1.82) is 0 Å². The van der Waals surface area contributed by atoms with Crippen LogP contribution >= 0.6 is 0 Å². The molecule has 0 amide bonds. The largest absolute Gasteiger partial charge is 0.330 e. The number of unbranched alkanes of at least 4 members (excludes halogenated alkanes) is 3. The van der Waals surface area contributed by atoms with Crippen LogP contribution in [0.4, 0.5) is 0 Å². The van der Waals surface area contributed by atoms with Gasteiger partial charge in [0.1, 0.15) is 5.82 Å². The van der Waals surface area contributed by atoms with Gasteiger partial charge in [0.05, 0.1) is 17.6 Å². The van der Waals surface area contributed by atoms with Gasteiger partial charge < -0.3 is 9.88 Å². The predicted molar refractivity (Wildman–Crippen MR) is 85.8 cm³/mol. The average Bonchev–Trinajstić information content (AvgIpc) is 2.78. The van der Waals surface area contributed by atoms with Gasteiger partial charge in [-0.05, 0) is 25.5 Å². The van der Waals surface area contributed by atoms with E-state index in [4.69, 9.17) is 4.98 Å². The number of para-hydroxylation sites is 2. The highest BCUT2D eigenvalue weighted by molar-refractivity contribution is 5.75. The molecule has 1 aromatic heterocycles. The standard InChI is InChI=1S/C17H27N3/c1-4-5-6-7-10-14(2)18-13-17-19-15-11-8-9-12-16(15)20(17)3/h8-9,11-12,14,18H,4-7,10,13H2,1-3H3. The predicted octanol–water partition coefficient (Wildman–Crippen LogP) is 4.02. The van der Waals surface area contributed by atoms with Gasteiger partial charge in [-0.1, -0.05) is 44.7 Å². The van der Waals surface area contributed by atoms with Crippen LogP contribution in [-0.4, -0.2) is 15.6 Å². The minimum atomic E-state index is 0.562. The van der Waals surface area contributed by atoms with Crippen molar-refractivity contribution in [1.82, 2.24) is 14.9 Å². The quantitative estimate of drug-likeness (QED) is 0.736. The lowest BCUT2D eigenvalue weighted by Gasteiger charge is -2.13. The van der Waals surface area contributed by atoms with Gasteiger partial charge in [-0.2, -0.15) is 0 Å². The number of benzene rings is 1. The van der Waals surface area contributed by atoms with Gasteiger partial charge >= 0.3 is 0 Å². The van der Waals surface area contributed by atoms with E-state index in [1.54, 1.807) is 0 Å². The second kappa shape index (κ2) is 7.44. The molecule has 1 aromatic carbocycles. The first-order chi connectivity index (χ1) is 9.72. The van der Waals surface area contributed by atoms with Crippen molar-refractivity contribution in [3.63, 3.8) is 0 Å². The summed E-state index contributed by atoms with van der Waals surface area (Å²) in [5, 5.41) is 3.59. The van der Waals surface area contributed by atoms with Gasteiger partial charge in [0.2, 0.25) is 0 Å². The monoisotopic (exact) mass is 273 g/mol. The molecule has 2 aromatic rings. The smallest absolute Gasteiger partial charge is 0.123 e. The third-order valence-electron chi connectivity index (χ3n) is 3.98. The van der Waals surface area contributed by atoms with Crippen LogP contribution in [0.1, 0.15) is 51.8 Å². The van der Waals surface area contributed by atoms with Crippen LogP contribution in [0.5, 0.6) is 0 Å². The molecular weight excluding hydrogens is 246 g/mol. The molecule has 0 fully saturated rings. The third kappa shape index (κ3) is 3.83. The zero-order valence-electron chi connectivity index (χ0n) is 13.0. The Morgan fingerprint density at radius 3 is 2.75 bits per heavy atom. The van der Waals surface area contributed by atoms with E-state index in [1.165, 1.54) is 37.6 Å². The van der Waals surface area contributed by atoms with E-state index >= 15 is 0 Å². The van der Waals surface area contributed by atoms with E-state index in [0.29, 0.717) is 6.04 Å². The zero-order chi connectivity index (χ0) is 14.4. The summed E-state index contributed by atoms with van der Waals surface area (Å²) in [5.74, 6) is 1.12. The summed E-state index contributed by atoms with van der Waals surface area (Å²) in [6.45, 7) is 5.38. The fraction of sp³-hybridized carbons (Fsp3) is 0.588. The van der Waals surface area contributed by atoms with Crippen molar-refractivity contribution in [3.05, 3.63) is 30.1 Å². The van der Waals surface area contributed by atoms with Gasteiger partial charge in [0.25, 0.3) is 0 Å². The fourth-order valence-corrected chi connectivity index (χ4v) is 2.60. The highest BCUT2D eigenvalue weighted by Gasteiger charge is 2.08. The Morgan fingerprint density at radius 1 is 1.20 bits per heavy atom. The summed E-state index contributed by atoms with van der Waals surface area (Å²) in [5.41, 5.74) is 2.29. The van der Waals surface area contributed by atoms with Crippen molar-refractivity contribution in [2.45, 2.75) is 58.5 Å². The molecule has 2 rings (SSSR count). The number of hydrogen-bond acceptors (Lipinski definition) is 2. The van der Waals surface area contributed by atoms with E-state index in [0.717, 1.165) is 17.9 Å². The molecule has 1 N–H and O–H groups in total. The first-order valence-electron chi connectivity index (χ1n) is 7.86. The zero-order valence-corrected chi connectivity index (χ0v) is 13.0. The van der Waals surface area contributed by atoms with Crippen LogP contribution in [0.3, 0.4) is 0 Å². The van der Waals surface area contributed by atoms with E-state index in [1.807, 2.05) is 6.07 Å². The first kappa shape index (κ1) is 15.0. The Labute approximate surface area is 122 Å². The number of fused-ring (bicyclic) bond motifs is 1. The second-order valence-corrected chi connectivity index (χ2v) is 5.71. The molecule has 3 heteroatoms. The molecule has 0 saturated carbocycles. The molecule has 0 bridgehead atoms. The van der Waals surface area contributed by atoms with Crippen LogP contribution in [0.25, 0.3) is 11.0 Å². The third-order valence-corrected chi connectivity index (χ3v) is 3.98. The SMILES string of the molecule is CCCCCCC(C)NCc1nc2ccccc2n1C. The van der Waals surface area contributed by atoms with Crippen molar-refractivity contribution >= 4 is 11.0 Å². The lowest BCUT2D eigenvalue weighted by Crippen LogP contribution is -2.26. The molecule has 0 aliphatic heterocycles. The maximum atomic E-state index is 4.69. The maximum absolute atomic E-state index is 4.69. The van der Waals surface area contributed by atoms with E-state index < -0.39 is 0 Å². The number of nitrogens with zero attached hydrogens (tertiary/aromatic N) is 2. The van der Waals surface area contributed by atoms with Crippen LogP contribution < -0.4 is 5.32 Å². The van der Waals surface area contributed by atoms with Crippen LogP contribution in [0, 0.1) is 0 Å². The van der Waals surface area contributed by atoms with Crippen LogP contribution in [0.2, 0.25) is 0 Å². The Bertz CT molecular complexity index is 530. The van der Waals surface area contributed by atoms with Crippen molar-refractivity contribution in [3.8, 4) is 0 Å². The summed E-state index contributed by atoms with van der Waals surface area (Å²) in [7, 11) is 2.10. The molecule has 1 atom stereocenters. The Balaban J connectivity index is 1.84. The number of aryl methyl sites for hydroxylation is 1. The van der Waals surface area contributed by atoms with E-state index in [-0.39, 0.29) is 0 Å². The van der Waals surface area contributed by atoms with Gasteiger partial charge in [-0.15, -0.1) is 0 Å². The molecule has 0 aliphatic rings. The molecule has 110 valence electrons. The molecule has 0 spiro atoms. The Morgan fingerprint density at radius 2 is 2.00 bits per heavy atom. The minimum absolute atomic E-state index is 0.562. The second-order valence-electron chi connectivity index (χ2n) is 5.71. The Hall–Kier alpha value is -1.35. The summed E-state index contributed by atoms with van der Waals surface area (Å²) in [6.07, 6.45) is 6.60. The number of rotatable bonds is 8. The molecule has 0 radical (unpaired) electrons. The molecule has 0 saturated heterocycles. The lowest BCUT2D eigenvalue weighted by molar-refractivity contribution is 0.473. The van der Waals surface area contributed by atoms with Crippen molar-refractivity contribution < 1.29 is 0 Å². The highest BCUT2D eigenvalue weighted by Crippen LogP contribution is 2.14. The molecule has 0 aliphatic carbocycles. The Kier molecular flexibility index (Phi) is 5.60. The molecule has 1 unspecified atom stereocenters. The van der Waals surface area contributed by atoms with Gasteiger partial charge in [0.15, 0.2) is 0 Å². The van der Waals surface area contributed by atoms with Crippen molar-refractivity contribution in [2.24, 2.45) is 7.05 Å². The summed E-state index contributed by atoms with van der Waals surface area (Å²) < 4.78 is 2.19. The number of aromatic nitrogens is 2. The lowest BCUT2D eigenvalue weighted by atomic mass is 10.1. The van der Waals surface area contributed by atoms with Gasteiger partial charge in [0, 0.05) is 13.1 Å². The van der Waals surface area contributed by atoms with Gasteiger partial charge in [-0.25, -0.2) is 4.98 Å². The number of hydrogen-bond donors (Lipinski definition) is 1. The van der Waals surface area contributed by atoms with Crippen LogP contribution in [0.15, 0.2) is 24.3 Å². The highest BCUT2D eigenvalue weighted by atomic mass is 15.1. The minimum Gasteiger partial charge on any atom is -0.330 e. The normalized spacial score (nSPS) is 12.9. The average molecular weight is 273 g/mol. The summed E-state index contributed by atoms with van der Waals surface area (Å²) >= 11 is 0. The topological polar surface area (TPSA) is 29.9 Å².